The lowest BCUT2D eigenvalue weighted by Gasteiger charge is -2.20. The van der Waals surface area contributed by atoms with Crippen LogP contribution in [0.5, 0.6) is 17.2 Å². The molecule has 1 saturated heterocycles. The van der Waals surface area contributed by atoms with E-state index < -0.39 is 5.92 Å². The number of hydrogen-bond donors (Lipinski definition) is 1. The Kier molecular flexibility index (Phi) is 6.17. The number of nitrogens with zero attached hydrogens (tertiary/aromatic N) is 1. The van der Waals surface area contributed by atoms with E-state index in [2.05, 4.69) is 5.32 Å². The van der Waals surface area contributed by atoms with Gasteiger partial charge in [-0.25, -0.2) is 0 Å². The Hall–Kier alpha value is -2.93. The van der Waals surface area contributed by atoms with Gasteiger partial charge in [-0.1, -0.05) is 17.7 Å². The van der Waals surface area contributed by atoms with Gasteiger partial charge in [0.1, 0.15) is 0 Å². The lowest BCUT2D eigenvalue weighted by atomic mass is 10.1. The molecule has 2 aromatic carbocycles. The molecule has 0 bridgehead atoms. The standard InChI is InChI=1S/C21H23ClN2O5/c1-12-15(22)6-5-7-16(12)23-21(26)13-8-19(25)24(11-13)14-9-17(27-2)20(29-4)18(10-14)28-3/h5-7,9-10,13H,8,11H2,1-4H3,(H,23,26). The lowest BCUT2D eigenvalue weighted by Crippen LogP contribution is -2.28. The summed E-state index contributed by atoms with van der Waals surface area (Å²) in [5.74, 6) is 0.464. The second-order valence-corrected chi connectivity index (χ2v) is 7.10. The zero-order valence-electron chi connectivity index (χ0n) is 16.7. The van der Waals surface area contributed by atoms with Gasteiger partial charge in [0.25, 0.3) is 0 Å². The van der Waals surface area contributed by atoms with Gasteiger partial charge in [0.15, 0.2) is 11.5 Å². The number of rotatable bonds is 6. The molecule has 2 amide bonds. The molecular weight excluding hydrogens is 396 g/mol. The van der Waals surface area contributed by atoms with Crippen molar-refractivity contribution in [3.8, 4) is 17.2 Å². The molecule has 0 radical (unpaired) electrons. The van der Waals surface area contributed by atoms with Crippen molar-refractivity contribution in [2.24, 2.45) is 5.92 Å². The molecule has 1 aliphatic rings. The summed E-state index contributed by atoms with van der Waals surface area (Å²) in [6, 6.07) is 8.71. The third-order valence-corrected chi connectivity index (χ3v) is 5.39. The molecule has 1 unspecified atom stereocenters. The molecule has 7 nitrogen and oxygen atoms in total. The highest BCUT2D eigenvalue weighted by Crippen LogP contribution is 2.42. The van der Waals surface area contributed by atoms with Gasteiger partial charge < -0.3 is 24.4 Å². The molecular formula is C21H23ClN2O5. The smallest absolute Gasteiger partial charge is 0.229 e. The Morgan fingerprint density at radius 2 is 1.79 bits per heavy atom. The van der Waals surface area contributed by atoms with Crippen LogP contribution in [-0.2, 0) is 9.59 Å². The maximum Gasteiger partial charge on any atom is 0.229 e. The molecule has 2 aromatic rings. The zero-order valence-corrected chi connectivity index (χ0v) is 17.5. The van der Waals surface area contributed by atoms with Crippen molar-refractivity contribution in [3.05, 3.63) is 40.9 Å². The van der Waals surface area contributed by atoms with Crippen molar-refractivity contribution in [1.29, 1.82) is 0 Å². The van der Waals surface area contributed by atoms with Gasteiger partial charge in [-0.15, -0.1) is 0 Å². The highest BCUT2D eigenvalue weighted by atomic mass is 35.5. The van der Waals surface area contributed by atoms with Crippen LogP contribution in [0.3, 0.4) is 0 Å². The summed E-state index contributed by atoms with van der Waals surface area (Å²) in [6.07, 6.45) is 0.113. The molecule has 0 aromatic heterocycles. The summed E-state index contributed by atoms with van der Waals surface area (Å²) >= 11 is 6.12. The first-order valence-electron chi connectivity index (χ1n) is 9.06. The number of ether oxygens (including phenoxy) is 3. The third-order valence-electron chi connectivity index (χ3n) is 4.98. The fourth-order valence-electron chi connectivity index (χ4n) is 3.33. The van der Waals surface area contributed by atoms with Gasteiger partial charge in [-0.05, 0) is 24.6 Å². The minimum atomic E-state index is -0.486. The number of methoxy groups -OCH3 is 3. The predicted octanol–water partition coefficient (Wildman–Crippen LogP) is 3.67. The van der Waals surface area contributed by atoms with E-state index in [9.17, 15) is 9.59 Å². The van der Waals surface area contributed by atoms with E-state index in [4.69, 9.17) is 25.8 Å². The molecule has 29 heavy (non-hydrogen) atoms. The number of halogens is 1. The fourth-order valence-corrected chi connectivity index (χ4v) is 3.51. The number of anilines is 2. The van der Waals surface area contributed by atoms with Crippen LogP contribution in [-0.4, -0.2) is 39.7 Å². The van der Waals surface area contributed by atoms with E-state index in [0.29, 0.717) is 33.6 Å². The van der Waals surface area contributed by atoms with Crippen molar-refractivity contribution in [2.75, 3.05) is 38.1 Å². The van der Waals surface area contributed by atoms with Crippen molar-refractivity contribution >= 4 is 34.8 Å². The Morgan fingerprint density at radius 3 is 2.38 bits per heavy atom. The third kappa shape index (κ3) is 4.10. The molecule has 0 spiro atoms. The normalized spacial score (nSPS) is 16.0. The van der Waals surface area contributed by atoms with Crippen molar-refractivity contribution in [3.63, 3.8) is 0 Å². The second-order valence-electron chi connectivity index (χ2n) is 6.69. The first kappa shape index (κ1) is 20.8. The minimum Gasteiger partial charge on any atom is -0.493 e. The molecule has 154 valence electrons. The molecule has 1 fully saturated rings. The summed E-state index contributed by atoms with van der Waals surface area (Å²) in [7, 11) is 4.53. The second kappa shape index (κ2) is 8.61. The maximum absolute atomic E-state index is 12.7. The molecule has 1 heterocycles. The minimum absolute atomic E-state index is 0.113. The van der Waals surface area contributed by atoms with Gasteiger partial charge in [0, 0.05) is 35.8 Å². The van der Waals surface area contributed by atoms with E-state index >= 15 is 0 Å². The number of nitrogens with one attached hydrogen (secondary N) is 1. The van der Waals surface area contributed by atoms with E-state index in [1.54, 1.807) is 35.2 Å². The van der Waals surface area contributed by atoms with Crippen molar-refractivity contribution in [1.82, 2.24) is 0 Å². The molecule has 0 aliphatic carbocycles. The Labute approximate surface area is 174 Å². The van der Waals surface area contributed by atoms with Crippen LogP contribution < -0.4 is 24.4 Å². The summed E-state index contributed by atoms with van der Waals surface area (Å²) in [4.78, 5) is 26.9. The Balaban J connectivity index is 1.81. The monoisotopic (exact) mass is 418 g/mol. The molecule has 3 rings (SSSR count). The molecule has 1 N–H and O–H groups in total. The van der Waals surface area contributed by atoms with Crippen LogP contribution in [0.2, 0.25) is 5.02 Å². The van der Waals surface area contributed by atoms with Crippen LogP contribution in [0.4, 0.5) is 11.4 Å². The van der Waals surface area contributed by atoms with Crippen molar-refractivity contribution < 1.29 is 23.8 Å². The highest BCUT2D eigenvalue weighted by Gasteiger charge is 2.36. The van der Waals surface area contributed by atoms with E-state index in [1.165, 1.54) is 21.3 Å². The predicted molar refractivity (Wildman–Crippen MR) is 111 cm³/mol. The van der Waals surface area contributed by atoms with Crippen LogP contribution in [0.1, 0.15) is 12.0 Å². The zero-order chi connectivity index (χ0) is 21.1. The van der Waals surface area contributed by atoms with Gasteiger partial charge in [0.05, 0.1) is 32.9 Å². The van der Waals surface area contributed by atoms with Crippen LogP contribution in [0.15, 0.2) is 30.3 Å². The van der Waals surface area contributed by atoms with E-state index in [1.807, 2.05) is 6.92 Å². The average Bonchev–Trinajstić information content (AvgIpc) is 3.12. The number of amides is 2. The number of carbonyl (C=O) groups excluding carboxylic acids is 2. The topological polar surface area (TPSA) is 77.1 Å². The van der Waals surface area contributed by atoms with Crippen LogP contribution in [0, 0.1) is 12.8 Å². The largest absolute Gasteiger partial charge is 0.493 e. The number of carbonyl (C=O) groups is 2. The maximum atomic E-state index is 12.7. The summed E-state index contributed by atoms with van der Waals surface area (Å²) in [6.45, 7) is 2.09. The first-order chi connectivity index (χ1) is 13.9. The molecule has 0 saturated carbocycles. The fraction of sp³-hybridized carbons (Fsp3) is 0.333. The van der Waals surface area contributed by atoms with E-state index in [0.717, 1.165) is 5.56 Å². The average molecular weight is 419 g/mol. The molecule has 1 aliphatic heterocycles. The van der Waals surface area contributed by atoms with E-state index in [-0.39, 0.29) is 24.8 Å². The Bertz CT molecular complexity index is 922. The van der Waals surface area contributed by atoms with Crippen LogP contribution in [0.25, 0.3) is 0 Å². The highest BCUT2D eigenvalue weighted by molar-refractivity contribution is 6.31. The molecule has 1 atom stereocenters. The SMILES string of the molecule is COc1cc(N2CC(C(=O)Nc3cccc(Cl)c3C)CC2=O)cc(OC)c1OC. The number of benzene rings is 2. The summed E-state index contributed by atoms with van der Waals surface area (Å²) < 4.78 is 16.0. The first-order valence-corrected chi connectivity index (χ1v) is 9.43. The van der Waals surface area contributed by atoms with Crippen LogP contribution >= 0.6 is 11.6 Å². The summed E-state index contributed by atoms with van der Waals surface area (Å²) in [5, 5.41) is 3.45. The quantitative estimate of drug-likeness (QED) is 0.774. The lowest BCUT2D eigenvalue weighted by molar-refractivity contribution is -0.122. The van der Waals surface area contributed by atoms with Gasteiger partial charge in [-0.3, -0.25) is 9.59 Å². The molecule has 8 heteroatoms. The summed E-state index contributed by atoms with van der Waals surface area (Å²) in [5.41, 5.74) is 2.01. The van der Waals surface area contributed by atoms with Gasteiger partial charge in [-0.2, -0.15) is 0 Å². The Morgan fingerprint density at radius 1 is 1.14 bits per heavy atom. The van der Waals surface area contributed by atoms with Gasteiger partial charge in [0.2, 0.25) is 17.6 Å². The number of hydrogen-bond acceptors (Lipinski definition) is 5. The van der Waals surface area contributed by atoms with Gasteiger partial charge >= 0.3 is 0 Å². The van der Waals surface area contributed by atoms with Crippen molar-refractivity contribution in [2.45, 2.75) is 13.3 Å².